The predicted octanol–water partition coefficient (Wildman–Crippen LogP) is 6.38. The molecule has 0 aliphatic rings. The third kappa shape index (κ3) is 6.27. The minimum Gasteiger partial charge on any atom is -0.272 e. The Morgan fingerprint density at radius 2 is 1.81 bits per heavy atom. The van der Waals surface area contributed by atoms with Crippen molar-refractivity contribution in [3.63, 3.8) is 0 Å². The fraction of sp³-hybridized carbons (Fsp3) is 0.185. The molecule has 9 heteroatoms. The van der Waals surface area contributed by atoms with Crippen LogP contribution in [-0.4, -0.2) is 32.6 Å². The van der Waals surface area contributed by atoms with E-state index in [1.54, 1.807) is 12.1 Å². The van der Waals surface area contributed by atoms with E-state index in [-0.39, 0.29) is 22.6 Å². The summed E-state index contributed by atoms with van der Waals surface area (Å²) in [6.07, 6.45) is 1.27. The zero-order chi connectivity index (χ0) is 25.7. The Balaban J connectivity index is 1.52. The van der Waals surface area contributed by atoms with Gasteiger partial charge in [-0.05, 0) is 41.3 Å². The fourth-order valence-corrected chi connectivity index (χ4v) is 4.55. The lowest BCUT2D eigenvalue weighted by Gasteiger charge is -2.19. The second-order valence-corrected chi connectivity index (χ2v) is 10.9. The Morgan fingerprint density at radius 3 is 2.50 bits per heavy atom. The van der Waals surface area contributed by atoms with Crippen LogP contribution in [0, 0.1) is 5.82 Å². The highest BCUT2D eigenvalue weighted by molar-refractivity contribution is 9.10. The number of aromatic nitrogens is 3. The summed E-state index contributed by atoms with van der Waals surface area (Å²) in [7, 11) is 0. The lowest BCUT2D eigenvalue weighted by molar-refractivity contribution is -0.118. The van der Waals surface area contributed by atoms with E-state index in [2.05, 4.69) is 69.6 Å². The van der Waals surface area contributed by atoms with Gasteiger partial charge in [0, 0.05) is 21.3 Å². The van der Waals surface area contributed by atoms with Crippen LogP contribution in [0.25, 0.3) is 17.1 Å². The maximum Gasteiger partial charge on any atom is 0.250 e. The molecule has 6 nitrogen and oxygen atoms in total. The number of halogens is 2. The van der Waals surface area contributed by atoms with Gasteiger partial charge in [-0.3, -0.25) is 9.36 Å². The monoisotopic (exact) mass is 565 g/mol. The van der Waals surface area contributed by atoms with Crippen molar-refractivity contribution < 1.29 is 9.18 Å². The predicted molar refractivity (Wildman–Crippen MR) is 146 cm³/mol. The summed E-state index contributed by atoms with van der Waals surface area (Å²) in [6.45, 7) is 6.52. The van der Waals surface area contributed by atoms with E-state index < -0.39 is 5.82 Å². The van der Waals surface area contributed by atoms with Crippen molar-refractivity contribution in [1.82, 2.24) is 20.2 Å². The molecule has 0 saturated heterocycles. The second kappa shape index (κ2) is 11.2. The summed E-state index contributed by atoms with van der Waals surface area (Å²) in [4.78, 5) is 12.4. The van der Waals surface area contributed by atoms with Crippen LogP contribution < -0.4 is 5.43 Å². The van der Waals surface area contributed by atoms with Gasteiger partial charge in [-0.2, -0.15) is 5.10 Å². The van der Waals surface area contributed by atoms with Crippen LogP contribution in [0.4, 0.5) is 4.39 Å². The molecule has 1 heterocycles. The van der Waals surface area contributed by atoms with Gasteiger partial charge in [0.2, 0.25) is 0 Å². The quantitative estimate of drug-likeness (QED) is 0.160. The summed E-state index contributed by atoms with van der Waals surface area (Å²) in [5, 5.41) is 13.3. The molecule has 0 radical (unpaired) electrons. The maximum atomic E-state index is 13.8. The summed E-state index contributed by atoms with van der Waals surface area (Å²) < 4.78 is 16.5. The molecule has 0 aliphatic carbocycles. The molecule has 0 atom stereocenters. The Morgan fingerprint density at radius 1 is 1.08 bits per heavy atom. The van der Waals surface area contributed by atoms with E-state index in [0.29, 0.717) is 11.0 Å². The molecular formula is C27H25BrFN5OS. The minimum absolute atomic E-state index is 0.0469. The number of hydrogen-bond donors (Lipinski definition) is 1. The van der Waals surface area contributed by atoms with Gasteiger partial charge < -0.3 is 0 Å². The van der Waals surface area contributed by atoms with E-state index in [9.17, 15) is 9.18 Å². The molecule has 0 fully saturated rings. The highest BCUT2D eigenvalue weighted by Crippen LogP contribution is 2.30. The van der Waals surface area contributed by atoms with Crippen molar-refractivity contribution in [2.24, 2.45) is 5.10 Å². The van der Waals surface area contributed by atoms with Gasteiger partial charge in [0.1, 0.15) is 5.82 Å². The van der Waals surface area contributed by atoms with Crippen molar-refractivity contribution in [2.45, 2.75) is 31.3 Å². The zero-order valence-electron chi connectivity index (χ0n) is 20.1. The average molecular weight is 567 g/mol. The van der Waals surface area contributed by atoms with E-state index in [1.807, 2.05) is 47.0 Å². The minimum atomic E-state index is -0.426. The molecule has 0 saturated carbocycles. The number of nitrogens with one attached hydrogen (secondary N) is 1. The number of para-hydroxylation sites is 1. The van der Waals surface area contributed by atoms with Gasteiger partial charge in [0.15, 0.2) is 11.0 Å². The standard InChI is InChI=1S/C27H25BrFN5OS/c1-27(2,3)20-11-9-18(10-12-20)25-32-33-26(34(25)22-7-5-4-6-8-22)36-17-24(35)31-30-16-19-15-21(28)13-14-23(19)29/h4-16H,17H2,1-3H3,(H,31,35). The highest BCUT2D eigenvalue weighted by Gasteiger charge is 2.19. The van der Waals surface area contributed by atoms with Crippen LogP contribution in [0.1, 0.15) is 31.9 Å². The maximum absolute atomic E-state index is 13.8. The number of benzene rings is 3. The number of rotatable bonds is 7. The first-order chi connectivity index (χ1) is 17.2. The molecule has 0 spiro atoms. The SMILES string of the molecule is CC(C)(C)c1ccc(-c2nnc(SCC(=O)NN=Cc3cc(Br)ccc3F)n2-c2ccccc2)cc1. The van der Waals surface area contributed by atoms with Crippen LogP contribution in [0.15, 0.2) is 87.5 Å². The summed E-state index contributed by atoms with van der Waals surface area (Å²) in [5.41, 5.74) is 5.80. The molecule has 184 valence electrons. The molecule has 0 aliphatic heterocycles. The van der Waals surface area contributed by atoms with E-state index in [4.69, 9.17) is 0 Å². The lowest BCUT2D eigenvalue weighted by Crippen LogP contribution is -2.20. The Hall–Kier alpha value is -3.30. The van der Waals surface area contributed by atoms with Crippen LogP contribution in [-0.2, 0) is 10.2 Å². The van der Waals surface area contributed by atoms with Crippen molar-refractivity contribution in [1.29, 1.82) is 0 Å². The van der Waals surface area contributed by atoms with Gasteiger partial charge in [-0.15, -0.1) is 10.2 Å². The first kappa shape index (κ1) is 25.8. The van der Waals surface area contributed by atoms with Gasteiger partial charge in [0.25, 0.3) is 5.91 Å². The Kier molecular flexibility index (Phi) is 8.01. The van der Waals surface area contributed by atoms with Crippen molar-refractivity contribution in [3.8, 4) is 17.1 Å². The number of carbonyl (C=O) groups is 1. The highest BCUT2D eigenvalue weighted by atomic mass is 79.9. The molecule has 4 aromatic rings. The molecule has 3 aromatic carbocycles. The van der Waals surface area contributed by atoms with Crippen molar-refractivity contribution >= 4 is 39.8 Å². The second-order valence-electron chi connectivity index (χ2n) is 9.05. The molecular weight excluding hydrogens is 541 g/mol. The third-order valence-corrected chi connectivity index (χ3v) is 6.76. The van der Waals surface area contributed by atoms with E-state index >= 15 is 0 Å². The molecule has 0 bridgehead atoms. The van der Waals surface area contributed by atoms with Crippen LogP contribution in [0.5, 0.6) is 0 Å². The zero-order valence-corrected chi connectivity index (χ0v) is 22.5. The van der Waals surface area contributed by atoms with Gasteiger partial charge in [-0.1, -0.05) is 90.9 Å². The Bertz CT molecular complexity index is 1380. The fourth-order valence-electron chi connectivity index (χ4n) is 3.43. The number of thioether (sulfide) groups is 1. The first-order valence-corrected chi connectivity index (χ1v) is 13.0. The smallest absolute Gasteiger partial charge is 0.250 e. The summed E-state index contributed by atoms with van der Waals surface area (Å²) in [5.74, 6) is -0.0191. The molecule has 36 heavy (non-hydrogen) atoms. The first-order valence-electron chi connectivity index (χ1n) is 11.2. The van der Waals surface area contributed by atoms with Crippen LogP contribution in [0.3, 0.4) is 0 Å². The number of amides is 1. The van der Waals surface area contributed by atoms with Crippen LogP contribution in [0.2, 0.25) is 0 Å². The largest absolute Gasteiger partial charge is 0.272 e. The van der Waals surface area contributed by atoms with Crippen molar-refractivity contribution in [2.75, 3.05) is 5.75 Å². The average Bonchev–Trinajstić information content (AvgIpc) is 3.29. The normalized spacial score (nSPS) is 11.7. The van der Waals surface area contributed by atoms with Crippen LogP contribution >= 0.6 is 27.7 Å². The molecule has 1 amide bonds. The topological polar surface area (TPSA) is 72.2 Å². The number of carbonyl (C=O) groups excluding carboxylic acids is 1. The molecule has 1 N–H and O–H groups in total. The molecule has 4 rings (SSSR count). The lowest BCUT2D eigenvalue weighted by atomic mass is 9.87. The van der Waals surface area contributed by atoms with Crippen molar-refractivity contribution in [3.05, 3.63) is 94.2 Å². The number of hydrogen-bond acceptors (Lipinski definition) is 5. The number of nitrogens with zero attached hydrogens (tertiary/aromatic N) is 4. The molecule has 1 aromatic heterocycles. The van der Waals surface area contributed by atoms with E-state index in [1.165, 1.54) is 29.6 Å². The summed E-state index contributed by atoms with van der Waals surface area (Å²) in [6, 6.07) is 22.6. The number of hydrazone groups is 1. The third-order valence-electron chi connectivity index (χ3n) is 5.34. The summed E-state index contributed by atoms with van der Waals surface area (Å²) >= 11 is 4.54. The van der Waals surface area contributed by atoms with Gasteiger partial charge in [-0.25, -0.2) is 9.82 Å². The van der Waals surface area contributed by atoms with E-state index in [0.717, 1.165) is 15.7 Å². The molecule has 0 unspecified atom stereocenters. The Labute approximate surface area is 222 Å². The van der Waals surface area contributed by atoms with Gasteiger partial charge in [0.05, 0.1) is 12.0 Å². The van der Waals surface area contributed by atoms with Gasteiger partial charge >= 0.3 is 0 Å².